The normalized spacial score (nSPS) is 19.3. The van der Waals surface area contributed by atoms with Gasteiger partial charge in [0.05, 0.1) is 11.7 Å². The van der Waals surface area contributed by atoms with Crippen molar-refractivity contribution < 1.29 is 9.21 Å². The van der Waals surface area contributed by atoms with Crippen molar-refractivity contribution in [2.45, 2.75) is 52.0 Å². The van der Waals surface area contributed by atoms with Gasteiger partial charge in [-0.3, -0.25) is 9.48 Å². The molecule has 1 N–H and O–H groups in total. The zero-order valence-corrected chi connectivity index (χ0v) is 19.3. The number of rotatable bonds is 3. The van der Waals surface area contributed by atoms with E-state index >= 15 is 0 Å². The van der Waals surface area contributed by atoms with Gasteiger partial charge in [0.1, 0.15) is 11.3 Å². The molecule has 0 spiro atoms. The van der Waals surface area contributed by atoms with Gasteiger partial charge in [0.15, 0.2) is 0 Å². The van der Waals surface area contributed by atoms with Crippen LogP contribution < -0.4 is 10.9 Å². The molecule has 4 rings (SSSR count). The van der Waals surface area contributed by atoms with Crippen LogP contribution in [-0.4, -0.2) is 46.8 Å². The third-order valence-electron chi connectivity index (χ3n) is 5.96. The van der Waals surface area contributed by atoms with Gasteiger partial charge in [0.2, 0.25) is 0 Å². The molecule has 2 saturated heterocycles. The van der Waals surface area contributed by atoms with E-state index in [9.17, 15) is 9.59 Å². The van der Waals surface area contributed by atoms with Gasteiger partial charge in [-0.05, 0) is 70.8 Å². The summed E-state index contributed by atoms with van der Waals surface area (Å²) in [4.78, 5) is 27.5. The monoisotopic (exact) mass is 456 g/mol. The number of halogens is 2. The molecule has 2 aliphatic heterocycles. The Hall–Kier alpha value is -1.83. The number of hydrogen-bond donors (Lipinski definition) is 1. The molecule has 2 fully saturated rings. The van der Waals surface area contributed by atoms with Crippen LogP contribution in [-0.2, 0) is 0 Å². The molecule has 0 saturated carbocycles. The topological polar surface area (TPSA) is 80.4 Å². The minimum Gasteiger partial charge on any atom is -0.427 e. The van der Waals surface area contributed by atoms with Gasteiger partial charge < -0.3 is 14.6 Å². The van der Waals surface area contributed by atoms with Crippen molar-refractivity contribution in [3.05, 3.63) is 50.8 Å². The van der Waals surface area contributed by atoms with Gasteiger partial charge in [-0.1, -0.05) is 0 Å². The molecular formula is C21H30Cl2N4O3. The lowest BCUT2D eigenvalue weighted by Crippen LogP contribution is -2.34. The van der Waals surface area contributed by atoms with E-state index in [1.807, 2.05) is 37.6 Å². The van der Waals surface area contributed by atoms with E-state index in [0.717, 1.165) is 43.7 Å². The number of piperidine rings is 1. The fourth-order valence-corrected chi connectivity index (χ4v) is 4.50. The van der Waals surface area contributed by atoms with Crippen LogP contribution in [0.2, 0.25) is 0 Å². The van der Waals surface area contributed by atoms with Gasteiger partial charge >= 0.3 is 5.63 Å². The first-order chi connectivity index (χ1) is 13.4. The average Bonchev–Trinajstić information content (AvgIpc) is 3.28. The molecule has 2 aromatic rings. The molecule has 1 amide bonds. The second-order valence-corrected chi connectivity index (χ2v) is 8.08. The Labute approximate surface area is 189 Å². The van der Waals surface area contributed by atoms with Crippen molar-refractivity contribution >= 4 is 30.7 Å². The predicted molar refractivity (Wildman–Crippen MR) is 120 cm³/mol. The van der Waals surface area contributed by atoms with E-state index < -0.39 is 5.63 Å². The van der Waals surface area contributed by atoms with Gasteiger partial charge in [0.25, 0.3) is 5.91 Å². The van der Waals surface area contributed by atoms with Crippen LogP contribution in [0.25, 0.3) is 0 Å². The Bertz CT molecular complexity index is 950. The van der Waals surface area contributed by atoms with Crippen LogP contribution in [0.5, 0.6) is 0 Å². The third kappa shape index (κ3) is 4.74. The summed E-state index contributed by atoms with van der Waals surface area (Å²) in [5.41, 5.74) is 2.45. The van der Waals surface area contributed by atoms with Crippen LogP contribution in [0.15, 0.2) is 21.3 Å². The molecule has 2 aliphatic rings. The standard InChI is InChI=1S/C21H28N4O3.2ClH/c1-13-10-18(16-4-7-22-8-5-16)28-21(27)19(13)20(26)24-9-6-17(12-24)25-15(3)11-14(2)23-25;;/h10-11,16-17,22H,4-9,12H2,1-3H3;2*1H. The van der Waals surface area contributed by atoms with E-state index in [2.05, 4.69) is 10.4 Å². The van der Waals surface area contributed by atoms with Crippen molar-refractivity contribution in [1.82, 2.24) is 20.0 Å². The molecule has 0 aliphatic carbocycles. The maximum atomic E-state index is 13.1. The molecule has 166 valence electrons. The number of aryl methyl sites for hydroxylation is 3. The number of amides is 1. The predicted octanol–water partition coefficient (Wildman–Crippen LogP) is 3.16. The number of likely N-dealkylation sites (tertiary alicyclic amines) is 1. The van der Waals surface area contributed by atoms with E-state index in [-0.39, 0.29) is 48.2 Å². The summed E-state index contributed by atoms with van der Waals surface area (Å²) in [6.45, 7) is 8.88. The quantitative estimate of drug-likeness (QED) is 0.766. The average molecular weight is 457 g/mol. The summed E-state index contributed by atoms with van der Waals surface area (Å²) in [6.07, 6.45) is 2.74. The SMILES string of the molecule is Cc1cc(C)n(C2CCN(C(=O)c3c(C)cc(C4CCNCC4)oc3=O)C2)n1.Cl.Cl. The molecule has 0 radical (unpaired) electrons. The Kier molecular flexibility index (Phi) is 8.13. The second kappa shape index (κ2) is 9.98. The molecule has 4 heterocycles. The second-order valence-electron chi connectivity index (χ2n) is 8.08. The lowest BCUT2D eigenvalue weighted by atomic mass is 9.94. The number of carbonyl (C=O) groups excluding carboxylic acids is 1. The van der Waals surface area contributed by atoms with Crippen molar-refractivity contribution in [1.29, 1.82) is 0 Å². The summed E-state index contributed by atoms with van der Waals surface area (Å²) < 4.78 is 7.59. The highest BCUT2D eigenvalue weighted by Crippen LogP contribution is 2.27. The maximum absolute atomic E-state index is 13.1. The van der Waals surface area contributed by atoms with Crippen molar-refractivity contribution in [2.24, 2.45) is 0 Å². The Morgan fingerprint density at radius 3 is 2.43 bits per heavy atom. The zero-order valence-electron chi connectivity index (χ0n) is 17.6. The molecule has 0 bridgehead atoms. The molecule has 1 atom stereocenters. The molecule has 2 aromatic heterocycles. The van der Waals surface area contributed by atoms with Crippen LogP contribution in [0.4, 0.5) is 0 Å². The highest BCUT2D eigenvalue weighted by Gasteiger charge is 2.32. The first-order valence-corrected chi connectivity index (χ1v) is 10.1. The van der Waals surface area contributed by atoms with Crippen molar-refractivity contribution in [3.63, 3.8) is 0 Å². The molecule has 7 nitrogen and oxygen atoms in total. The number of hydrogen-bond acceptors (Lipinski definition) is 5. The minimum absolute atomic E-state index is 0. The van der Waals surface area contributed by atoms with E-state index in [4.69, 9.17) is 4.42 Å². The van der Waals surface area contributed by atoms with Crippen molar-refractivity contribution in [3.8, 4) is 0 Å². The summed E-state index contributed by atoms with van der Waals surface area (Å²) in [7, 11) is 0. The Balaban J connectivity index is 0.00000160. The van der Waals surface area contributed by atoms with Gasteiger partial charge in [0, 0.05) is 24.7 Å². The van der Waals surface area contributed by atoms with E-state index in [0.29, 0.717) is 24.4 Å². The highest BCUT2D eigenvalue weighted by atomic mass is 35.5. The van der Waals surface area contributed by atoms with Crippen LogP contribution in [0.1, 0.15) is 64.3 Å². The highest BCUT2D eigenvalue weighted by molar-refractivity contribution is 5.95. The van der Waals surface area contributed by atoms with Gasteiger partial charge in [-0.2, -0.15) is 5.10 Å². The van der Waals surface area contributed by atoms with E-state index in [1.165, 1.54) is 0 Å². The lowest BCUT2D eigenvalue weighted by Gasteiger charge is -2.22. The van der Waals surface area contributed by atoms with Gasteiger partial charge in [-0.15, -0.1) is 24.8 Å². The lowest BCUT2D eigenvalue weighted by molar-refractivity contribution is 0.0781. The Morgan fingerprint density at radius 2 is 1.83 bits per heavy atom. The minimum atomic E-state index is -0.506. The molecule has 0 aromatic carbocycles. The summed E-state index contributed by atoms with van der Waals surface area (Å²) in [5, 5.41) is 7.87. The molecular weight excluding hydrogens is 427 g/mol. The van der Waals surface area contributed by atoms with Gasteiger partial charge in [-0.25, -0.2) is 4.79 Å². The van der Waals surface area contributed by atoms with Crippen molar-refractivity contribution in [2.75, 3.05) is 26.2 Å². The molecule has 9 heteroatoms. The fourth-order valence-electron chi connectivity index (χ4n) is 4.50. The summed E-state index contributed by atoms with van der Waals surface area (Å²) >= 11 is 0. The van der Waals surface area contributed by atoms with E-state index in [1.54, 1.807) is 4.90 Å². The number of aromatic nitrogens is 2. The summed E-state index contributed by atoms with van der Waals surface area (Å²) in [5.74, 6) is 0.730. The molecule has 30 heavy (non-hydrogen) atoms. The number of carbonyl (C=O) groups is 1. The third-order valence-corrected chi connectivity index (χ3v) is 5.96. The molecule has 1 unspecified atom stereocenters. The number of nitrogens with one attached hydrogen (secondary N) is 1. The van der Waals surface area contributed by atoms with Crippen LogP contribution >= 0.6 is 24.8 Å². The Morgan fingerprint density at radius 1 is 1.13 bits per heavy atom. The smallest absolute Gasteiger partial charge is 0.349 e. The first-order valence-electron chi connectivity index (χ1n) is 10.1. The maximum Gasteiger partial charge on any atom is 0.349 e. The fraction of sp³-hybridized carbons (Fsp3) is 0.571. The van der Waals surface area contributed by atoms with Crippen LogP contribution in [0.3, 0.4) is 0 Å². The first kappa shape index (κ1) is 24.4. The largest absolute Gasteiger partial charge is 0.427 e. The number of nitrogens with zero attached hydrogens (tertiary/aromatic N) is 3. The van der Waals surface area contributed by atoms with Crippen LogP contribution in [0, 0.1) is 20.8 Å². The summed E-state index contributed by atoms with van der Waals surface area (Å²) in [6, 6.07) is 4.08. The zero-order chi connectivity index (χ0) is 19.8.